The highest BCUT2D eigenvalue weighted by Crippen LogP contribution is 2.34. The number of ether oxygens (including phenoxy) is 2. The van der Waals surface area contributed by atoms with Crippen molar-refractivity contribution in [3.8, 4) is 5.75 Å². The number of hydrogen-bond donors (Lipinski definition) is 0. The molecular formula is C15H14N2O7S. The summed E-state index contributed by atoms with van der Waals surface area (Å²) in [5.41, 5.74) is 0.0936. The van der Waals surface area contributed by atoms with Gasteiger partial charge in [-0.3, -0.25) is 29.4 Å². The highest BCUT2D eigenvalue weighted by molar-refractivity contribution is 8.18. The second kappa shape index (κ2) is 7.79. The Balaban J connectivity index is 2.31. The third-order valence-corrected chi connectivity index (χ3v) is 4.08. The molecule has 25 heavy (non-hydrogen) atoms. The van der Waals surface area contributed by atoms with Crippen molar-refractivity contribution in [1.82, 2.24) is 4.90 Å². The molecule has 1 fully saturated rings. The Morgan fingerprint density at radius 3 is 2.72 bits per heavy atom. The standard InChI is InChI=1S/C15H14N2O7S/c1-3-24-13(18)8-16-14(19)12(25-15(16)20)7-9-6-10(17(21)22)4-5-11(9)23-2/h4-7H,3,8H2,1-2H3. The van der Waals surface area contributed by atoms with Crippen molar-refractivity contribution in [2.24, 2.45) is 0 Å². The Bertz CT molecular complexity index is 775. The maximum Gasteiger partial charge on any atom is 0.326 e. The van der Waals surface area contributed by atoms with Crippen molar-refractivity contribution < 1.29 is 28.8 Å². The molecule has 0 bridgehead atoms. The monoisotopic (exact) mass is 366 g/mol. The van der Waals surface area contributed by atoms with E-state index in [9.17, 15) is 24.5 Å². The fraction of sp³-hybridized carbons (Fsp3) is 0.267. The summed E-state index contributed by atoms with van der Waals surface area (Å²) in [5, 5.41) is 10.3. The highest BCUT2D eigenvalue weighted by atomic mass is 32.2. The van der Waals surface area contributed by atoms with E-state index in [2.05, 4.69) is 0 Å². The van der Waals surface area contributed by atoms with Gasteiger partial charge in [0.2, 0.25) is 0 Å². The number of esters is 1. The molecule has 0 aliphatic carbocycles. The molecule has 9 nitrogen and oxygen atoms in total. The number of nitro groups is 1. The van der Waals surface area contributed by atoms with Crippen molar-refractivity contribution in [2.45, 2.75) is 6.92 Å². The Hall–Kier alpha value is -2.88. The first kappa shape index (κ1) is 18.5. The third kappa shape index (κ3) is 4.15. The van der Waals surface area contributed by atoms with Crippen molar-refractivity contribution in [1.29, 1.82) is 0 Å². The van der Waals surface area contributed by atoms with Crippen molar-refractivity contribution in [3.05, 3.63) is 38.8 Å². The molecule has 0 atom stereocenters. The molecule has 1 aliphatic rings. The summed E-state index contributed by atoms with van der Waals surface area (Å²) in [5.74, 6) is -1.06. The molecular weight excluding hydrogens is 352 g/mol. The van der Waals surface area contributed by atoms with Crippen molar-refractivity contribution in [3.63, 3.8) is 0 Å². The van der Waals surface area contributed by atoms with E-state index >= 15 is 0 Å². The maximum atomic E-state index is 12.3. The van der Waals surface area contributed by atoms with Crippen LogP contribution in [0.4, 0.5) is 10.5 Å². The van der Waals surface area contributed by atoms with Crippen LogP contribution in [0.5, 0.6) is 5.75 Å². The van der Waals surface area contributed by atoms with Crippen LogP contribution in [0.2, 0.25) is 0 Å². The fourth-order valence-electron chi connectivity index (χ4n) is 2.06. The lowest BCUT2D eigenvalue weighted by molar-refractivity contribution is -0.384. The molecule has 0 aromatic heterocycles. The highest BCUT2D eigenvalue weighted by Gasteiger charge is 2.36. The first-order chi connectivity index (χ1) is 11.9. The van der Waals surface area contributed by atoms with E-state index < -0.39 is 28.6 Å². The van der Waals surface area contributed by atoms with E-state index in [1.807, 2.05) is 0 Å². The Morgan fingerprint density at radius 1 is 1.40 bits per heavy atom. The molecule has 2 rings (SSSR count). The maximum absolute atomic E-state index is 12.3. The zero-order valence-electron chi connectivity index (χ0n) is 13.4. The topological polar surface area (TPSA) is 116 Å². The third-order valence-electron chi connectivity index (χ3n) is 3.18. The lowest BCUT2D eigenvalue weighted by Gasteiger charge is -2.10. The minimum Gasteiger partial charge on any atom is -0.496 e. The van der Waals surface area contributed by atoms with E-state index in [1.165, 1.54) is 31.4 Å². The molecule has 0 N–H and O–H groups in total. The second-order valence-electron chi connectivity index (χ2n) is 4.76. The normalized spacial score (nSPS) is 15.6. The minimum atomic E-state index is -0.695. The number of amides is 2. The average Bonchev–Trinajstić information content (AvgIpc) is 2.82. The zero-order chi connectivity index (χ0) is 18.6. The largest absolute Gasteiger partial charge is 0.496 e. The SMILES string of the molecule is CCOC(=O)CN1C(=O)SC(=Cc2cc([N+](=O)[O-])ccc2OC)C1=O. The molecule has 0 unspecified atom stereocenters. The van der Waals surface area contributed by atoms with E-state index in [0.29, 0.717) is 17.5 Å². The van der Waals surface area contributed by atoms with Crippen LogP contribution >= 0.6 is 11.8 Å². The van der Waals surface area contributed by atoms with Gasteiger partial charge in [-0.25, -0.2) is 0 Å². The van der Waals surface area contributed by atoms with Gasteiger partial charge in [0, 0.05) is 17.7 Å². The van der Waals surface area contributed by atoms with Crippen LogP contribution in [0, 0.1) is 10.1 Å². The lowest BCUT2D eigenvalue weighted by atomic mass is 10.1. The van der Waals surface area contributed by atoms with E-state index in [4.69, 9.17) is 9.47 Å². The van der Waals surface area contributed by atoms with Crippen LogP contribution in [0.1, 0.15) is 12.5 Å². The predicted molar refractivity (Wildman–Crippen MR) is 89.0 cm³/mol. The number of nitrogens with zero attached hydrogens (tertiary/aromatic N) is 2. The van der Waals surface area contributed by atoms with Gasteiger partial charge in [0.05, 0.1) is 23.5 Å². The first-order valence-corrected chi connectivity index (χ1v) is 7.92. The molecule has 10 heteroatoms. The molecule has 1 aromatic carbocycles. The van der Waals surface area contributed by atoms with Crippen LogP contribution in [-0.2, 0) is 14.3 Å². The molecule has 132 valence electrons. The summed E-state index contributed by atoms with van der Waals surface area (Å²) in [4.78, 5) is 46.8. The van der Waals surface area contributed by atoms with E-state index in [1.54, 1.807) is 6.92 Å². The number of benzene rings is 1. The quantitative estimate of drug-likeness (QED) is 0.326. The van der Waals surface area contributed by atoms with E-state index in [-0.39, 0.29) is 22.8 Å². The summed E-state index contributed by atoms with van der Waals surface area (Å²) < 4.78 is 9.84. The van der Waals surface area contributed by atoms with Gasteiger partial charge in [-0.15, -0.1) is 0 Å². The van der Waals surface area contributed by atoms with E-state index in [0.717, 1.165) is 4.90 Å². The van der Waals surface area contributed by atoms with Crippen molar-refractivity contribution in [2.75, 3.05) is 20.3 Å². The number of nitro benzene ring substituents is 1. The number of carbonyl (C=O) groups is 3. The number of carbonyl (C=O) groups excluding carboxylic acids is 3. The average molecular weight is 366 g/mol. The zero-order valence-corrected chi connectivity index (χ0v) is 14.2. The molecule has 0 radical (unpaired) electrons. The lowest BCUT2D eigenvalue weighted by Crippen LogP contribution is -2.34. The van der Waals surface area contributed by atoms with Crippen LogP contribution < -0.4 is 4.74 Å². The number of methoxy groups -OCH3 is 1. The number of thioether (sulfide) groups is 1. The number of rotatable bonds is 6. The van der Waals surface area contributed by atoms with Gasteiger partial charge in [0.1, 0.15) is 12.3 Å². The Kier molecular flexibility index (Phi) is 5.75. The molecule has 0 spiro atoms. The number of hydrogen-bond acceptors (Lipinski definition) is 8. The molecule has 1 saturated heterocycles. The predicted octanol–water partition coefficient (Wildman–Crippen LogP) is 2.20. The van der Waals surface area contributed by atoms with Gasteiger partial charge in [0.25, 0.3) is 16.8 Å². The molecule has 2 amide bonds. The van der Waals surface area contributed by atoms with Gasteiger partial charge in [-0.1, -0.05) is 0 Å². The molecule has 1 heterocycles. The van der Waals surface area contributed by atoms with Crippen LogP contribution in [0.25, 0.3) is 6.08 Å². The molecule has 1 aliphatic heterocycles. The molecule has 1 aromatic rings. The van der Waals surface area contributed by atoms with Crippen LogP contribution in [-0.4, -0.2) is 47.2 Å². The van der Waals surface area contributed by atoms with Gasteiger partial charge >= 0.3 is 5.97 Å². The summed E-state index contributed by atoms with van der Waals surface area (Å²) >= 11 is 0.635. The Morgan fingerprint density at radius 2 is 2.12 bits per heavy atom. The first-order valence-electron chi connectivity index (χ1n) is 7.10. The van der Waals surface area contributed by atoms with Crippen molar-refractivity contribution >= 4 is 40.6 Å². The summed E-state index contributed by atoms with van der Waals surface area (Å²) in [6.45, 7) is 1.26. The van der Waals surface area contributed by atoms with Gasteiger partial charge in [0.15, 0.2) is 0 Å². The fourth-order valence-corrected chi connectivity index (χ4v) is 2.89. The number of imide groups is 1. The van der Waals surface area contributed by atoms with Crippen LogP contribution in [0.3, 0.4) is 0 Å². The van der Waals surface area contributed by atoms with Gasteiger partial charge < -0.3 is 9.47 Å². The summed E-state index contributed by atoms with van der Waals surface area (Å²) in [7, 11) is 1.38. The van der Waals surface area contributed by atoms with Crippen LogP contribution in [0.15, 0.2) is 23.1 Å². The smallest absolute Gasteiger partial charge is 0.326 e. The Labute approximate surface area is 146 Å². The summed E-state index contributed by atoms with van der Waals surface area (Å²) in [6.07, 6.45) is 1.32. The molecule has 0 saturated carbocycles. The van der Waals surface area contributed by atoms with Gasteiger partial charge in [-0.05, 0) is 30.8 Å². The summed E-state index contributed by atoms with van der Waals surface area (Å²) in [6, 6.07) is 3.90. The van der Waals surface area contributed by atoms with Gasteiger partial charge in [-0.2, -0.15) is 0 Å². The minimum absolute atomic E-state index is 0.0353. The second-order valence-corrected chi connectivity index (χ2v) is 5.75. The number of non-ortho nitro benzene ring substituents is 1.